The van der Waals surface area contributed by atoms with Crippen molar-refractivity contribution in [3.63, 3.8) is 0 Å². The summed E-state index contributed by atoms with van der Waals surface area (Å²) in [6.07, 6.45) is 7.01. The first-order valence-electron chi connectivity index (χ1n) is 10.2. The van der Waals surface area contributed by atoms with Gasteiger partial charge in [-0.2, -0.15) is 5.10 Å². The number of carbonyl (C=O) groups excluding carboxylic acids is 1. The Balaban J connectivity index is 1.62. The first kappa shape index (κ1) is 21.2. The fraction of sp³-hybridized carbons (Fsp3) is 0.261. The summed E-state index contributed by atoms with van der Waals surface area (Å²) < 4.78 is 7.40. The fourth-order valence-electron chi connectivity index (χ4n) is 3.15. The van der Waals surface area contributed by atoms with Gasteiger partial charge in [-0.15, -0.1) is 0 Å². The minimum absolute atomic E-state index is 0.0707. The lowest BCUT2D eigenvalue weighted by Crippen LogP contribution is -2.43. The number of nitrogens with one attached hydrogen (secondary N) is 2. The molecule has 4 aromatic rings. The topological polar surface area (TPSA) is 107 Å². The Kier molecular flexibility index (Phi) is 5.72. The van der Waals surface area contributed by atoms with Gasteiger partial charge in [0.1, 0.15) is 11.6 Å². The third kappa shape index (κ3) is 5.18. The number of rotatable bonds is 6. The van der Waals surface area contributed by atoms with Gasteiger partial charge in [-0.3, -0.25) is 14.5 Å². The zero-order chi connectivity index (χ0) is 22.7. The number of nitrogens with zero attached hydrogens (tertiary/aromatic N) is 5. The molecule has 164 valence electrons. The van der Waals surface area contributed by atoms with E-state index in [0.717, 1.165) is 22.2 Å². The Morgan fingerprint density at radius 2 is 2.00 bits per heavy atom. The molecule has 0 unspecified atom stereocenters. The summed E-state index contributed by atoms with van der Waals surface area (Å²) in [5.74, 6) is 1.54. The van der Waals surface area contributed by atoms with Crippen molar-refractivity contribution in [2.75, 3.05) is 11.9 Å². The second-order valence-corrected chi connectivity index (χ2v) is 8.43. The van der Waals surface area contributed by atoms with E-state index in [-0.39, 0.29) is 18.1 Å². The van der Waals surface area contributed by atoms with E-state index < -0.39 is 0 Å². The lowest BCUT2D eigenvalue weighted by atomic mass is 10.1. The predicted octanol–water partition coefficient (Wildman–Crippen LogP) is 3.46. The largest absolute Gasteiger partial charge is 0.484 e. The lowest BCUT2D eigenvalue weighted by Gasteiger charge is -2.20. The van der Waals surface area contributed by atoms with Crippen LogP contribution in [0.4, 0.5) is 11.5 Å². The predicted molar refractivity (Wildman–Crippen MR) is 123 cm³/mol. The van der Waals surface area contributed by atoms with Crippen LogP contribution in [0, 0.1) is 0 Å². The van der Waals surface area contributed by atoms with E-state index >= 15 is 0 Å². The van der Waals surface area contributed by atoms with Crippen molar-refractivity contribution in [2.24, 2.45) is 7.05 Å². The Hall–Kier alpha value is -4.01. The normalized spacial score (nSPS) is 11.4. The van der Waals surface area contributed by atoms with Gasteiger partial charge in [0, 0.05) is 36.7 Å². The van der Waals surface area contributed by atoms with Crippen LogP contribution >= 0.6 is 0 Å². The van der Waals surface area contributed by atoms with Crippen LogP contribution in [0.3, 0.4) is 0 Å². The van der Waals surface area contributed by atoms with Gasteiger partial charge in [0.25, 0.3) is 5.91 Å². The summed E-state index contributed by atoms with van der Waals surface area (Å²) in [6, 6.07) is 9.21. The van der Waals surface area contributed by atoms with Crippen LogP contribution in [0.1, 0.15) is 20.8 Å². The molecule has 0 bridgehead atoms. The molecule has 0 saturated heterocycles. The first-order chi connectivity index (χ1) is 15.3. The number of anilines is 2. The summed E-state index contributed by atoms with van der Waals surface area (Å²) >= 11 is 0. The second-order valence-electron chi connectivity index (χ2n) is 8.43. The highest BCUT2D eigenvalue weighted by atomic mass is 16.5. The molecule has 0 atom stereocenters. The number of pyridine rings is 1. The van der Waals surface area contributed by atoms with Crippen molar-refractivity contribution in [1.29, 1.82) is 0 Å². The SMILES string of the molecule is Cn1cc(Nc2nc(-c3cccc(OCC(=O)NC(C)(C)C)c3)nc3ccncc23)cn1. The zero-order valence-corrected chi connectivity index (χ0v) is 18.5. The Morgan fingerprint density at radius 1 is 1.16 bits per heavy atom. The van der Waals surface area contributed by atoms with Crippen molar-refractivity contribution in [3.05, 3.63) is 55.1 Å². The number of carbonyl (C=O) groups is 1. The standard InChI is InChI=1S/C23H25N7O2/c1-23(2,3)29-20(31)14-32-17-7-5-6-15(10-17)21-27-19-8-9-24-12-18(19)22(28-21)26-16-11-25-30(4)13-16/h5-13H,14H2,1-4H3,(H,29,31)(H,26,27,28). The van der Waals surface area contributed by atoms with Gasteiger partial charge in [0.2, 0.25) is 0 Å². The Labute approximate surface area is 185 Å². The van der Waals surface area contributed by atoms with E-state index in [2.05, 4.69) is 20.7 Å². The molecule has 3 heterocycles. The molecule has 0 aliphatic rings. The van der Waals surface area contributed by atoms with Crippen LogP contribution in [-0.2, 0) is 11.8 Å². The first-order valence-corrected chi connectivity index (χ1v) is 10.2. The lowest BCUT2D eigenvalue weighted by molar-refractivity contribution is -0.124. The Morgan fingerprint density at radius 3 is 2.75 bits per heavy atom. The van der Waals surface area contributed by atoms with E-state index in [1.54, 1.807) is 29.3 Å². The van der Waals surface area contributed by atoms with E-state index in [1.165, 1.54) is 0 Å². The summed E-state index contributed by atoms with van der Waals surface area (Å²) in [5, 5.41) is 11.2. The monoisotopic (exact) mass is 431 g/mol. The number of amides is 1. The Bertz CT molecular complexity index is 1260. The molecule has 1 amide bonds. The average Bonchev–Trinajstić information content (AvgIpc) is 3.16. The van der Waals surface area contributed by atoms with Gasteiger partial charge >= 0.3 is 0 Å². The highest BCUT2D eigenvalue weighted by Gasteiger charge is 2.15. The number of ether oxygens (including phenoxy) is 1. The zero-order valence-electron chi connectivity index (χ0n) is 18.5. The number of aromatic nitrogens is 5. The second kappa shape index (κ2) is 8.62. The third-order valence-corrected chi connectivity index (χ3v) is 4.44. The fourth-order valence-corrected chi connectivity index (χ4v) is 3.15. The number of aryl methyl sites for hydroxylation is 1. The summed E-state index contributed by atoms with van der Waals surface area (Å²) in [7, 11) is 1.85. The van der Waals surface area contributed by atoms with Crippen molar-refractivity contribution >= 4 is 28.3 Å². The van der Waals surface area contributed by atoms with Crippen molar-refractivity contribution in [1.82, 2.24) is 30.0 Å². The molecule has 3 aromatic heterocycles. The average molecular weight is 432 g/mol. The van der Waals surface area contributed by atoms with Crippen LogP contribution in [0.2, 0.25) is 0 Å². The molecule has 1 aromatic carbocycles. The summed E-state index contributed by atoms with van der Waals surface area (Å²) in [4.78, 5) is 25.7. The van der Waals surface area contributed by atoms with Crippen LogP contribution < -0.4 is 15.4 Å². The van der Waals surface area contributed by atoms with Crippen LogP contribution in [0.25, 0.3) is 22.3 Å². The van der Waals surface area contributed by atoms with E-state index in [9.17, 15) is 4.79 Å². The van der Waals surface area contributed by atoms with Crippen LogP contribution in [0.15, 0.2) is 55.1 Å². The molecular weight excluding hydrogens is 406 g/mol. The molecule has 4 rings (SSSR count). The van der Waals surface area contributed by atoms with Gasteiger partial charge < -0.3 is 15.4 Å². The van der Waals surface area contributed by atoms with Gasteiger partial charge in [-0.25, -0.2) is 9.97 Å². The quantitative estimate of drug-likeness (QED) is 0.481. The number of hydrogen-bond acceptors (Lipinski definition) is 7. The third-order valence-electron chi connectivity index (χ3n) is 4.44. The van der Waals surface area contributed by atoms with Gasteiger partial charge in [-0.1, -0.05) is 12.1 Å². The van der Waals surface area contributed by atoms with Gasteiger partial charge in [0.05, 0.1) is 22.8 Å². The molecule has 0 radical (unpaired) electrons. The molecule has 0 aliphatic carbocycles. The van der Waals surface area contributed by atoms with E-state index in [4.69, 9.17) is 14.7 Å². The molecule has 32 heavy (non-hydrogen) atoms. The minimum Gasteiger partial charge on any atom is -0.484 e. The molecular formula is C23H25N7O2. The number of hydrogen-bond donors (Lipinski definition) is 2. The van der Waals surface area contributed by atoms with Crippen LogP contribution in [0.5, 0.6) is 5.75 Å². The number of benzene rings is 1. The molecule has 0 fully saturated rings. The molecule has 2 N–H and O–H groups in total. The van der Waals surface area contributed by atoms with Crippen molar-refractivity contribution < 1.29 is 9.53 Å². The molecule has 9 nitrogen and oxygen atoms in total. The summed E-state index contributed by atoms with van der Waals surface area (Å²) in [6.45, 7) is 5.71. The highest BCUT2D eigenvalue weighted by Crippen LogP contribution is 2.28. The molecule has 0 aliphatic heterocycles. The molecule has 9 heteroatoms. The maximum atomic E-state index is 12.1. The molecule has 0 spiro atoms. The smallest absolute Gasteiger partial charge is 0.258 e. The van der Waals surface area contributed by atoms with E-state index in [1.807, 2.05) is 58.3 Å². The maximum Gasteiger partial charge on any atom is 0.258 e. The maximum absolute atomic E-state index is 12.1. The minimum atomic E-state index is -0.312. The number of fused-ring (bicyclic) bond motifs is 1. The summed E-state index contributed by atoms with van der Waals surface area (Å²) in [5.41, 5.74) is 2.02. The van der Waals surface area contributed by atoms with Crippen molar-refractivity contribution in [3.8, 4) is 17.1 Å². The van der Waals surface area contributed by atoms with Gasteiger partial charge in [-0.05, 0) is 39.0 Å². The van der Waals surface area contributed by atoms with Crippen molar-refractivity contribution in [2.45, 2.75) is 26.3 Å². The molecule has 0 saturated carbocycles. The van der Waals surface area contributed by atoms with Crippen LogP contribution in [-0.4, -0.2) is 42.8 Å². The highest BCUT2D eigenvalue weighted by molar-refractivity contribution is 5.91. The van der Waals surface area contributed by atoms with Gasteiger partial charge in [0.15, 0.2) is 12.4 Å². The van der Waals surface area contributed by atoms with E-state index in [0.29, 0.717) is 17.4 Å².